The van der Waals surface area contributed by atoms with Crippen molar-refractivity contribution in [2.24, 2.45) is 0 Å². The minimum Gasteiger partial charge on any atom is -0.450 e. The van der Waals surface area contributed by atoms with Crippen molar-refractivity contribution in [2.45, 2.75) is 52.0 Å². The highest BCUT2D eigenvalue weighted by molar-refractivity contribution is 5.67. The fourth-order valence-corrected chi connectivity index (χ4v) is 1.61. The fourth-order valence-electron chi connectivity index (χ4n) is 1.61. The SMILES string of the molecule is CCCCOC(=O)NC1CC=C(C)CC1. The first-order chi connectivity index (χ1) is 7.22. The summed E-state index contributed by atoms with van der Waals surface area (Å²) in [7, 11) is 0. The zero-order chi connectivity index (χ0) is 11.1. The van der Waals surface area contributed by atoms with Crippen LogP contribution < -0.4 is 5.32 Å². The van der Waals surface area contributed by atoms with Crippen LogP contribution in [0.5, 0.6) is 0 Å². The van der Waals surface area contributed by atoms with Gasteiger partial charge in [-0.3, -0.25) is 0 Å². The second-order valence-electron chi connectivity index (χ2n) is 4.16. The Morgan fingerprint density at radius 2 is 2.47 bits per heavy atom. The number of alkyl carbamates (subject to hydrolysis) is 1. The lowest BCUT2D eigenvalue weighted by Gasteiger charge is -2.21. The molecule has 3 nitrogen and oxygen atoms in total. The molecular weight excluding hydrogens is 190 g/mol. The number of ether oxygens (including phenoxy) is 1. The molecule has 0 aromatic carbocycles. The van der Waals surface area contributed by atoms with E-state index in [4.69, 9.17) is 4.74 Å². The van der Waals surface area contributed by atoms with E-state index in [1.807, 2.05) is 0 Å². The van der Waals surface area contributed by atoms with Crippen LogP contribution in [0.15, 0.2) is 11.6 Å². The maximum atomic E-state index is 11.3. The van der Waals surface area contributed by atoms with Crippen LogP contribution in [0.25, 0.3) is 0 Å². The Morgan fingerprint density at radius 1 is 1.67 bits per heavy atom. The van der Waals surface area contributed by atoms with Crippen LogP contribution in [0.1, 0.15) is 46.0 Å². The smallest absolute Gasteiger partial charge is 0.407 e. The topological polar surface area (TPSA) is 38.3 Å². The van der Waals surface area contributed by atoms with Crippen LogP contribution in [0.4, 0.5) is 4.79 Å². The van der Waals surface area contributed by atoms with Gasteiger partial charge in [-0.25, -0.2) is 4.79 Å². The predicted octanol–water partition coefficient (Wildman–Crippen LogP) is 3.01. The van der Waals surface area contributed by atoms with Gasteiger partial charge in [0.05, 0.1) is 6.61 Å². The number of hydrogen-bond donors (Lipinski definition) is 1. The number of unbranched alkanes of at least 4 members (excludes halogenated alkanes) is 1. The summed E-state index contributed by atoms with van der Waals surface area (Å²) in [5, 5.41) is 2.89. The molecule has 0 heterocycles. The molecule has 3 heteroatoms. The molecule has 0 spiro atoms. The van der Waals surface area contributed by atoms with E-state index < -0.39 is 0 Å². The van der Waals surface area contributed by atoms with Gasteiger partial charge in [0.25, 0.3) is 0 Å². The van der Waals surface area contributed by atoms with Crippen molar-refractivity contribution in [1.82, 2.24) is 5.32 Å². The van der Waals surface area contributed by atoms with Crippen molar-refractivity contribution in [1.29, 1.82) is 0 Å². The molecule has 1 rings (SSSR count). The number of hydrogen-bond acceptors (Lipinski definition) is 2. The third-order valence-corrected chi connectivity index (χ3v) is 2.69. The lowest BCUT2D eigenvalue weighted by Crippen LogP contribution is -2.36. The molecule has 1 amide bonds. The molecule has 1 unspecified atom stereocenters. The summed E-state index contributed by atoms with van der Waals surface area (Å²) in [6.45, 7) is 4.75. The van der Waals surface area contributed by atoms with Crippen LogP contribution in [0.2, 0.25) is 0 Å². The molecule has 1 aliphatic rings. The van der Waals surface area contributed by atoms with Crippen molar-refractivity contribution >= 4 is 6.09 Å². The van der Waals surface area contributed by atoms with E-state index in [-0.39, 0.29) is 12.1 Å². The first-order valence-electron chi connectivity index (χ1n) is 5.81. The maximum Gasteiger partial charge on any atom is 0.407 e. The van der Waals surface area contributed by atoms with Gasteiger partial charge in [0, 0.05) is 6.04 Å². The molecule has 0 aromatic heterocycles. The van der Waals surface area contributed by atoms with Gasteiger partial charge >= 0.3 is 6.09 Å². The molecule has 0 radical (unpaired) electrons. The third kappa shape index (κ3) is 4.86. The van der Waals surface area contributed by atoms with Crippen LogP contribution in [0.3, 0.4) is 0 Å². The normalized spacial score (nSPS) is 20.7. The molecule has 1 atom stereocenters. The van der Waals surface area contributed by atoms with Gasteiger partial charge in [-0.15, -0.1) is 0 Å². The van der Waals surface area contributed by atoms with Crippen molar-refractivity contribution in [3.8, 4) is 0 Å². The molecule has 0 fully saturated rings. The number of rotatable bonds is 4. The van der Waals surface area contributed by atoms with E-state index >= 15 is 0 Å². The number of allylic oxidation sites excluding steroid dienone is 1. The van der Waals surface area contributed by atoms with E-state index in [0.717, 1.165) is 32.1 Å². The molecule has 86 valence electrons. The van der Waals surface area contributed by atoms with Gasteiger partial charge in [-0.05, 0) is 32.6 Å². The largest absolute Gasteiger partial charge is 0.450 e. The molecule has 1 aliphatic carbocycles. The van der Waals surface area contributed by atoms with Gasteiger partial charge in [0.15, 0.2) is 0 Å². The van der Waals surface area contributed by atoms with E-state index in [2.05, 4.69) is 25.2 Å². The van der Waals surface area contributed by atoms with Crippen molar-refractivity contribution in [2.75, 3.05) is 6.61 Å². The van der Waals surface area contributed by atoms with Gasteiger partial charge in [-0.1, -0.05) is 25.0 Å². The monoisotopic (exact) mass is 211 g/mol. The minimum atomic E-state index is -0.263. The summed E-state index contributed by atoms with van der Waals surface area (Å²) in [6.07, 6.45) is 6.98. The Labute approximate surface area is 91.9 Å². The number of amides is 1. The first-order valence-corrected chi connectivity index (χ1v) is 5.81. The summed E-state index contributed by atoms with van der Waals surface area (Å²) in [6, 6.07) is 0.267. The summed E-state index contributed by atoms with van der Waals surface area (Å²) in [5.41, 5.74) is 1.42. The zero-order valence-corrected chi connectivity index (χ0v) is 9.71. The second-order valence-corrected chi connectivity index (χ2v) is 4.16. The number of carbonyl (C=O) groups is 1. The van der Waals surface area contributed by atoms with Crippen molar-refractivity contribution in [3.05, 3.63) is 11.6 Å². The summed E-state index contributed by atoms with van der Waals surface area (Å²) < 4.78 is 5.04. The lowest BCUT2D eigenvalue weighted by atomic mass is 9.96. The Morgan fingerprint density at radius 3 is 3.07 bits per heavy atom. The highest BCUT2D eigenvalue weighted by Gasteiger charge is 2.15. The minimum absolute atomic E-state index is 0.263. The van der Waals surface area contributed by atoms with Gasteiger partial charge < -0.3 is 10.1 Å². The van der Waals surface area contributed by atoms with Crippen LogP contribution >= 0.6 is 0 Å². The molecular formula is C12H21NO2. The summed E-state index contributed by atoms with van der Waals surface area (Å²) in [4.78, 5) is 11.3. The van der Waals surface area contributed by atoms with E-state index in [9.17, 15) is 4.79 Å². The quantitative estimate of drug-likeness (QED) is 0.573. The van der Waals surface area contributed by atoms with E-state index in [1.54, 1.807) is 0 Å². The Bertz CT molecular complexity index is 236. The zero-order valence-electron chi connectivity index (χ0n) is 9.71. The van der Waals surface area contributed by atoms with Crippen molar-refractivity contribution in [3.63, 3.8) is 0 Å². The highest BCUT2D eigenvalue weighted by atomic mass is 16.5. The average Bonchev–Trinajstić information content (AvgIpc) is 2.22. The third-order valence-electron chi connectivity index (χ3n) is 2.69. The lowest BCUT2D eigenvalue weighted by molar-refractivity contribution is 0.140. The fraction of sp³-hybridized carbons (Fsp3) is 0.750. The Hall–Kier alpha value is -0.990. The standard InChI is InChI=1S/C12H21NO2/c1-3-4-9-15-12(14)13-11-7-5-10(2)6-8-11/h5,11H,3-4,6-9H2,1-2H3,(H,13,14). The molecule has 0 bridgehead atoms. The molecule has 1 N–H and O–H groups in total. The molecule has 15 heavy (non-hydrogen) atoms. The highest BCUT2D eigenvalue weighted by Crippen LogP contribution is 2.17. The van der Waals surface area contributed by atoms with Gasteiger partial charge in [-0.2, -0.15) is 0 Å². The molecule has 0 saturated heterocycles. The Balaban J connectivity index is 2.15. The second kappa shape index (κ2) is 6.49. The number of carbonyl (C=O) groups excluding carboxylic acids is 1. The van der Waals surface area contributed by atoms with Crippen LogP contribution in [0, 0.1) is 0 Å². The maximum absolute atomic E-state index is 11.3. The van der Waals surface area contributed by atoms with Gasteiger partial charge in [0.2, 0.25) is 0 Å². The van der Waals surface area contributed by atoms with Crippen LogP contribution in [-0.4, -0.2) is 18.7 Å². The Kier molecular flexibility index (Phi) is 5.22. The summed E-state index contributed by atoms with van der Waals surface area (Å²) in [5.74, 6) is 0. The molecule has 0 aromatic rings. The van der Waals surface area contributed by atoms with E-state index in [1.165, 1.54) is 5.57 Å². The summed E-state index contributed by atoms with van der Waals surface area (Å²) >= 11 is 0. The molecule has 0 aliphatic heterocycles. The number of nitrogens with one attached hydrogen (secondary N) is 1. The van der Waals surface area contributed by atoms with Crippen LogP contribution in [-0.2, 0) is 4.74 Å². The van der Waals surface area contributed by atoms with E-state index in [0.29, 0.717) is 6.61 Å². The average molecular weight is 211 g/mol. The van der Waals surface area contributed by atoms with Gasteiger partial charge in [0.1, 0.15) is 0 Å². The predicted molar refractivity (Wildman–Crippen MR) is 60.8 cm³/mol. The molecule has 0 saturated carbocycles. The first kappa shape index (κ1) is 12.1. The van der Waals surface area contributed by atoms with Crippen molar-refractivity contribution < 1.29 is 9.53 Å².